The Morgan fingerprint density at radius 1 is 1.00 bits per heavy atom. The van der Waals surface area contributed by atoms with Gasteiger partial charge in [0.25, 0.3) is 0 Å². The van der Waals surface area contributed by atoms with Crippen LogP contribution >= 0.6 is 0 Å². The van der Waals surface area contributed by atoms with Gasteiger partial charge in [-0.05, 0) is 30.0 Å². The molecule has 3 N–H and O–H groups in total. The Morgan fingerprint density at radius 2 is 1.83 bits per heavy atom. The second-order valence-corrected chi connectivity index (χ2v) is 5.51. The highest BCUT2D eigenvalue weighted by Crippen LogP contribution is 2.38. The molecule has 118 valence electrons. The minimum absolute atomic E-state index is 0.0357. The maximum absolute atomic E-state index is 10.2. The van der Waals surface area contributed by atoms with Gasteiger partial charge in [0.2, 0.25) is 0 Å². The molecule has 24 heavy (non-hydrogen) atoms. The highest BCUT2D eigenvalue weighted by atomic mass is 16.3. The first-order chi connectivity index (χ1) is 11.6. The van der Waals surface area contributed by atoms with Gasteiger partial charge in [0, 0.05) is 11.6 Å². The molecule has 0 aliphatic heterocycles. The topological polar surface area (TPSA) is 94.9 Å². The van der Waals surface area contributed by atoms with E-state index < -0.39 is 0 Å². The van der Waals surface area contributed by atoms with Crippen molar-refractivity contribution < 1.29 is 10.2 Å². The third-order valence-electron chi connectivity index (χ3n) is 3.96. The summed E-state index contributed by atoms with van der Waals surface area (Å²) in [5.41, 5.74) is 1.51. The maximum Gasteiger partial charge on any atom is 0.189 e. The number of fused-ring (bicyclic) bond motifs is 1. The van der Waals surface area contributed by atoms with Gasteiger partial charge in [0.15, 0.2) is 11.6 Å². The molecule has 0 unspecified atom stereocenters. The lowest BCUT2D eigenvalue weighted by atomic mass is 10.1. The van der Waals surface area contributed by atoms with E-state index in [9.17, 15) is 10.2 Å². The van der Waals surface area contributed by atoms with Crippen LogP contribution in [-0.4, -0.2) is 30.4 Å². The predicted octanol–water partition coefficient (Wildman–Crippen LogP) is 3.41. The lowest BCUT2D eigenvalue weighted by Gasteiger charge is -2.05. The molecule has 0 saturated carbocycles. The van der Waals surface area contributed by atoms with Crippen molar-refractivity contribution in [2.75, 3.05) is 0 Å². The smallest absolute Gasteiger partial charge is 0.189 e. The number of aromatic amines is 1. The number of aromatic hydroxyl groups is 2. The molecule has 2 aromatic heterocycles. The van der Waals surface area contributed by atoms with Gasteiger partial charge in [-0.25, -0.2) is 4.98 Å². The van der Waals surface area contributed by atoms with Crippen molar-refractivity contribution in [2.24, 2.45) is 0 Å². The second kappa shape index (κ2) is 5.34. The molecule has 0 aliphatic rings. The van der Waals surface area contributed by atoms with E-state index in [1.54, 1.807) is 19.2 Å². The molecule has 0 spiro atoms. The number of nitrogens with zero attached hydrogens (tertiary/aromatic N) is 3. The van der Waals surface area contributed by atoms with E-state index in [1.807, 2.05) is 30.3 Å². The zero-order valence-corrected chi connectivity index (χ0v) is 12.9. The van der Waals surface area contributed by atoms with Gasteiger partial charge in [0.05, 0.1) is 0 Å². The summed E-state index contributed by atoms with van der Waals surface area (Å²) in [7, 11) is 0. The monoisotopic (exact) mass is 318 g/mol. The summed E-state index contributed by atoms with van der Waals surface area (Å²) >= 11 is 0. The Kier molecular flexibility index (Phi) is 3.16. The number of hydrogen-bond acceptors (Lipinski definition) is 5. The van der Waals surface area contributed by atoms with Crippen LogP contribution in [0, 0.1) is 6.92 Å². The lowest BCUT2D eigenvalue weighted by molar-refractivity contribution is 0.451. The number of nitrogens with one attached hydrogen (secondary N) is 1. The van der Waals surface area contributed by atoms with Crippen LogP contribution in [0.4, 0.5) is 0 Å². The van der Waals surface area contributed by atoms with E-state index in [4.69, 9.17) is 0 Å². The molecule has 0 aliphatic carbocycles. The first-order valence-corrected chi connectivity index (χ1v) is 7.43. The van der Waals surface area contributed by atoms with Crippen LogP contribution in [0.25, 0.3) is 33.7 Å². The van der Waals surface area contributed by atoms with Crippen molar-refractivity contribution in [3.8, 4) is 34.4 Å². The van der Waals surface area contributed by atoms with Gasteiger partial charge in [-0.3, -0.25) is 10.1 Å². The van der Waals surface area contributed by atoms with Crippen molar-refractivity contribution in [3.63, 3.8) is 0 Å². The molecular formula is C18H14N4O2. The Hall–Kier alpha value is -3.41. The maximum atomic E-state index is 10.2. The van der Waals surface area contributed by atoms with E-state index in [1.165, 1.54) is 6.07 Å². The number of phenols is 2. The molecule has 0 radical (unpaired) electrons. The minimum atomic E-state index is -0.0745. The third kappa shape index (κ3) is 2.16. The summed E-state index contributed by atoms with van der Waals surface area (Å²) in [5, 5.41) is 29.2. The average Bonchev–Trinajstić information content (AvgIpc) is 3.07. The van der Waals surface area contributed by atoms with Crippen LogP contribution in [-0.2, 0) is 0 Å². The average molecular weight is 318 g/mol. The highest BCUT2D eigenvalue weighted by molar-refractivity contribution is 5.93. The summed E-state index contributed by atoms with van der Waals surface area (Å²) < 4.78 is 0. The summed E-state index contributed by atoms with van der Waals surface area (Å²) in [4.78, 5) is 8.80. The number of aromatic nitrogens is 4. The molecule has 4 rings (SSSR count). The van der Waals surface area contributed by atoms with Crippen LogP contribution in [0.3, 0.4) is 0 Å². The number of pyridine rings is 1. The summed E-state index contributed by atoms with van der Waals surface area (Å²) in [5.74, 6) is 0.585. The number of phenolic OH excluding ortho intramolecular Hbond substituents is 2. The molecule has 4 aromatic rings. The zero-order valence-electron chi connectivity index (χ0n) is 12.9. The summed E-state index contributed by atoms with van der Waals surface area (Å²) in [6.07, 6.45) is 1.71. The first kappa shape index (κ1) is 14.2. The molecule has 0 atom stereocenters. The molecule has 6 nitrogen and oxygen atoms in total. The van der Waals surface area contributed by atoms with Crippen LogP contribution in [0.5, 0.6) is 11.5 Å². The van der Waals surface area contributed by atoms with Crippen LogP contribution in [0.1, 0.15) is 5.56 Å². The zero-order chi connectivity index (χ0) is 16.7. The van der Waals surface area contributed by atoms with Crippen molar-refractivity contribution in [1.29, 1.82) is 0 Å². The van der Waals surface area contributed by atoms with E-state index in [0.29, 0.717) is 17.1 Å². The highest BCUT2D eigenvalue weighted by Gasteiger charge is 2.18. The SMILES string of the molecule is Cc1ccc(O)c(-c2n[nH]c(-c3nccc4ccccc34)n2)c1O. The molecule has 0 saturated heterocycles. The number of H-pyrrole nitrogens is 1. The Balaban J connectivity index is 1.88. The standard InChI is InChI=1S/C18H14N4O2/c1-10-6-7-13(23)14(16(10)24)17-20-18(22-21-17)15-12-5-3-2-4-11(12)8-9-19-15/h2-9,23-24H,1H3,(H,20,21,22). The molecule has 0 fully saturated rings. The van der Waals surface area contributed by atoms with Gasteiger partial charge >= 0.3 is 0 Å². The van der Waals surface area contributed by atoms with Crippen molar-refractivity contribution >= 4 is 10.8 Å². The quantitative estimate of drug-likeness (QED) is 0.526. The van der Waals surface area contributed by atoms with Crippen molar-refractivity contribution in [2.45, 2.75) is 6.92 Å². The first-order valence-electron chi connectivity index (χ1n) is 7.43. The van der Waals surface area contributed by atoms with Crippen LogP contribution < -0.4 is 0 Å². The molecule has 2 aromatic carbocycles. The minimum Gasteiger partial charge on any atom is -0.507 e. The number of benzene rings is 2. The van der Waals surface area contributed by atoms with Gasteiger partial charge in [-0.2, -0.15) is 5.10 Å². The number of hydrogen-bond donors (Lipinski definition) is 3. The molecule has 2 heterocycles. The fourth-order valence-electron chi connectivity index (χ4n) is 2.69. The second-order valence-electron chi connectivity index (χ2n) is 5.51. The van der Waals surface area contributed by atoms with Gasteiger partial charge in [-0.15, -0.1) is 0 Å². The van der Waals surface area contributed by atoms with Gasteiger partial charge in [0.1, 0.15) is 22.8 Å². The van der Waals surface area contributed by atoms with Crippen molar-refractivity contribution in [3.05, 3.63) is 54.2 Å². The van der Waals surface area contributed by atoms with Crippen LogP contribution in [0.2, 0.25) is 0 Å². The van der Waals surface area contributed by atoms with Crippen LogP contribution in [0.15, 0.2) is 48.7 Å². The normalized spacial score (nSPS) is 11.0. The molecular weight excluding hydrogens is 304 g/mol. The van der Waals surface area contributed by atoms with Crippen molar-refractivity contribution in [1.82, 2.24) is 20.2 Å². The van der Waals surface area contributed by atoms with E-state index in [-0.39, 0.29) is 22.9 Å². The number of aryl methyl sites for hydroxylation is 1. The Labute approximate surface area is 137 Å². The van der Waals surface area contributed by atoms with Gasteiger partial charge < -0.3 is 10.2 Å². The fraction of sp³-hybridized carbons (Fsp3) is 0.0556. The summed E-state index contributed by atoms with van der Waals surface area (Å²) in [6.45, 7) is 1.75. The number of rotatable bonds is 2. The molecule has 0 amide bonds. The van der Waals surface area contributed by atoms with E-state index in [2.05, 4.69) is 20.2 Å². The Morgan fingerprint density at radius 3 is 2.71 bits per heavy atom. The lowest BCUT2D eigenvalue weighted by Crippen LogP contribution is -1.88. The third-order valence-corrected chi connectivity index (χ3v) is 3.96. The largest absolute Gasteiger partial charge is 0.507 e. The fourth-order valence-corrected chi connectivity index (χ4v) is 2.69. The van der Waals surface area contributed by atoms with Gasteiger partial charge in [-0.1, -0.05) is 30.3 Å². The predicted molar refractivity (Wildman–Crippen MR) is 90.6 cm³/mol. The molecule has 0 bridgehead atoms. The van der Waals surface area contributed by atoms with E-state index >= 15 is 0 Å². The molecule has 6 heteroatoms. The Bertz CT molecular complexity index is 1050. The van der Waals surface area contributed by atoms with E-state index in [0.717, 1.165) is 10.8 Å². The summed E-state index contributed by atoms with van der Waals surface area (Å²) in [6, 6.07) is 12.9.